The second kappa shape index (κ2) is 6.12. The molecule has 0 aromatic carbocycles. The fraction of sp³-hybridized carbons (Fsp3) is 0.350. The van der Waals surface area contributed by atoms with E-state index < -0.39 is 0 Å². The molecule has 5 heterocycles. The molecule has 0 unspecified atom stereocenters. The van der Waals surface area contributed by atoms with E-state index in [0.29, 0.717) is 5.92 Å². The highest BCUT2D eigenvalue weighted by atomic mass is 15.2. The van der Waals surface area contributed by atoms with E-state index in [0.717, 1.165) is 49.8 Å². The molecule has 0 saturated carbocycles. The minimum absolute atomic E-state index is 0.613. The summed E-state index contributed by atoms with van der Waals surface area (Å²) in [5.41, 5.74) is 4.87. The lowest BCUT2D eigenvalue weighted by molar-refractivity contribution is 0.586. The Kier molecular flexibility index (Phi) is 3.62. The summed E-state index contributed by atoms with van der Waals surface area (Å²) in [4.78, 5) is 19.1. The second-order valence-electron chi connectivity index (χ2n) is 7.24. The van der Waals surface area contributed by atoms with E-state index >= 15 is 0 Å². The van der Waals surface area contributed by atoms with Crippen molar-refractivity contribution in [1.29, 1.82) is 0 Å². The van der Waals surface area contributed by atoms with Gasteiger partial charge in [-0.05, 0) is 36.5 Å². The van der Waals surface area contributed by atoms with E-state index in [1.165, 1.54) is 22.1 Å². The van der Waals surface area contributed by atoms with Gasteiger partial charge in [0.1, 0.15) is 23.6 Å². The summed E-state index contributed by atoms with van der Waals surface area (Å²) in [5, 5.41) is 4.64. The smallest absolute Gasteiger partial charge is 0.137 e. The molecule has 26 heavy (non-hydrogen) atoms. The van der Waals surface area contributed by atoms with Crippen LogP contribution < -0.4 is 10.2 Å². The Labute approximate surface area is 152 Å². The normalized spacial score (nSPS) is 19.8. The maximum Gasteiger partial charge on any atom is 0.137 e. The van der Waals surface area contributed by atoms with Gasteiger partial charge in [-0.3, -0.25) is 0 Å². The van der Waals surface area contributed by atoms with Crippen LogP contribution in [0.25, 0.3) is 16.6 Å². The monoisotopic (exact) mass is 346 g/mol. The summed E-state index contributed by atoms with van der Waals surface area (Å²) in [6.45, 7) is 5.10. The number of anilines is 2. The molecule has 6 heteroatoms. The highest BCUT2D eigenvalue weighted by Crippen LogP contribution is 2.33. The summed E-state index contributed by atoms with van der Waals surface area (Å²) in [6.07, 6.45) is 9.96. The maximum atomic E-state index is 4.62. The van der Waals surface area contributed by atoms with Crippen LogP contribution in [0.1, 0.15) is 24.5 Å². The van der Waals surface area contributed by atoms with Crippen molar-refractivity contribution in [2.24, 2.45) is 5.92 Å². The van der Waals surface area contributed by atoms with Crippen molar-refractivity contribution < 1.29 is 0 Å². The standard InChI is InChI=1S/C20H22N6/c1-13-9-16-19(22-10-13)24-12-25-20(16)26-7-4-14(5-8-26)17-11-23-18-15(17)3-2-6-21-18/h2-4,6,11-13H,5,7-10H2,1H3,(H,21,23)(H,22,24,25)/t13-/m0/s1. The third-order valence-electron chi connectivity index (χ3n) is 5.40. The van der Waals surface area contributed by atoms with Crippen molar-refractivity contribution in [3.8, 4) is 0 Å². The Balaban J connectivity index is 1.44. The Bertz CT molecular complexity index is 989. The number of hydrogen-bond donors (Lipinski definition) is 2. The lowest BCUT2D eigenvalue weighted by Crippen LogP contribution is -2.32. The van der Waals surface area contributed by atoms with E-state index in [4.69, 9.17) is 0 Å². The van der Waals surface area contributed by atoms with Crippen molar-refractivity contribution in [3.05, 3.63) is 48.1 Å². The SMILES string of the molecule is C[C@@H]1CNc2ncnc(N3CC=C(c4c[nH]c5ncccc45)CC3)c2C1. The third-order valence-corrected chi connectivity index (χ3v) is 5.40. The average molecular weight is 346 g/mol. The van der Waals surface area contributed by atoms with Crippen molar-refractivity contribution in [1.82, 2.24) is 19.9 Å². The summed E-state index contributed by atoms with van der Waals surface area (Å²) < 4.78 is 0. The van der Waals surface area contributed by atoms with Gasteiger partial charge in [0.2, 0.25) is 0 Å². The van der Waals surface area contributed by atoms with Crippen molar-refractivity contribution in [3.63, 3.8) is 0 Å². The molecule has 2 N–H and O–H groups in total. The van der Waals surface area contributed by atoms with Gasteiger partial charge in [0.25, 0.3) is 0 Å². The first kappa shape index (κ1) is 15.4. The highest BCUT2D eigenvalue weighted by Gasteiger charge is 2.24. The van der Waals surface area contributed by atoms with Gasteiger partial charge in [0.05, 0.1) is 0 Å². The molecule has 132 valence electrons. The van der Waals surface area contributed by atoms with Crippen molar-refractivity contribution >= 4 is 28.2 Å². The largest absolute Gasteiger partial charge is 0.369 e. The van der Waals surface area contributed by atoms with Gasteiger partial charge < -0.3 is 15.2 Å². The van der Waals surface area contributed by atoms with Gasteiger partial charge >= 0.3 is 0 Å². The van der Waals surface area contributed by atoms with Gasteiger partial charge in [0, 0.05) is 48.5 Å². The topological polar surface area (TPSA) is 69.7 Å². The minimum atomic E-state index is 0.613. The first-order valence-corrected chi connectivity index (χ1v) is 9.24. The number of rotatable bonds is 2. The lowest BCUT2D eigenvalue weighted by atomic mass is 9.96. The Hall–Kier alpha value is -2.89. The van der Waals surface area contributed by atoms with Gasteiger partial charge in [-0.2, -0.15) is 0 Å². The Morgan fingerprint density at radius 3 is 3.08 bits per heavy atom. The Morgan fingerprint density at radius 2 is 2.19 bits per heavy atom. The average Bonchev–Trinajstić information content (AvgIpc) is 3.12. The quantitative estimate of drug-likeness (QED) is 0.745. The summed E-state index contributed by atoms with van der Waals surface area (Å²) in [6, 6.07) is 4.13. The molecule has 3 aromatic heterocycles. The molecule has 0 saturated heterocycles. The van der Waals surface area contributed by atoms with E-state index in [-0.39, 0.29) is 0 Å². The molecule has 0 amide bonds. The van der Waals surface area contributed by atoms with Gasteiger partial charge in [-0.1, -0.05) is 13.0 Å². The third kappa shape index (κ3) is 2.53. The predicted octanol–water partition coefficient (Wildman–Crippen LogP) is 3.25. The molecule has 2 aliphatic rings. The molecule has 5 rings (SSSR count). The zero-order valence-corrected chi connectivity index (χ0v) is 14.9. The first-order valence-electron chi connectivity index (χ1n) is 9.24. The van der Waals surface area contributed by atoms with Crippen LogP contribution in [0.5, 0.6) is 0 Å². The van der Waals surface area contributed by atoms with Gasteiger partial charge in [0.15, 0.2) is 0 Å². The first-order chi connectivity index (χ1) is 12.8. The van der Waals surface area contributed by atoms with E-state index in [1.807, 2.05) is 12.3 Å². The molecule has 1 atom stereocenters. The number of fused-ring (bicyclic) bond motifs is 2. The summed E-state index contributed by atoms with van der Waals surface area (Å²) >= 11 is 0. The number of pyridine rings is 1. The highest BCUT2D eigenvalue weighted by molar-refractivity contribution is 5.91. The molecular formula is C20H22N6. The molecule has 0 aliphatic carbocycles. The summed E-state index contributed by atoms with van der Waals surface area (Å²) in [7, 11) is 0. The zero-order chi connectivity index (χ0) is 17.5. The van der Waals surface area contributed by atoms with Gasteiger partial charge in [-0.25, -0.2) is 15.0 Å². The zero-order valence-electron chi connectivity index (χ0n) is 14.9. The van der Waals surface area contributed by atoms with Crippen LogP contribution in [0.2, 0.25) is 0 Å². The fourth-order valence-electron chi connectivity index (χ4n) is 4.04. The number of aromatic nitrogens is 4. The molecule has 3 aromatic rings. The second-order valence-corrected chi connectivity index (χ2v) is 7.24. The van der Waals surface area contributed by atoms with Crippen LogP contribution in [-0.2, 0) is 6.42 Å². The van der Waals surface area contributed by atoms with Crippen LogP contribution in [0.3, 0.4) is 0 Å². The van der Waals surface area contributed by atoms with E-state index in [2.05, 4.69) is 55.4 Å². The Morgan fingerprint density at radius 1 is 1.23 bits per heavy atom. The van der Waals surface area contributed by atoms with Crippen molar-refractivity contribution in [2.75, 3.05) is 29.9 Å². The molecule has 0 spiro atoms. The predicted molar refractivity (Wildman–Crippen MR) is 104 cm³/mol. The van der Waals surface area contributed by atoms with Crippen LogP contribution in [0.15, 0.2) is 36.9 Å². The number of H-pyrrole nitrogens is 1. The molecule has 0 fully saturated rings. The molecule has 0 bridgehead atoms. The van der Waals surface area contributed by atoms with E-state index in [9.17, 15) is 0 Å². The molecule has 2 aliphatic heterocycles. The number of nitrogens with one attached hydrogen (secondary N) is 2. The van der Waals surface area contributed by atoms with Crippen LogP contribution in [0.4, 0.5) is 11.6 Å². The number of aromatic amines is 1. The fourth-order valence-corrected chi connectivity index (χ4v) is 4.04. The number of hydrogen-bond acceptors (Lipinski definition) is 5. The lowest BCUT2D eigenvalue weighted by Gasteiger charge is -2.32. The van der Waals surface area contributed by atoms with Gasteiger partial charge in [-0.15, -0.1) is 0 Å². The number of nitrogens with zero attached hydrogens (tertiary/aromatic N) is 4. The van der Waals surface area contributed by atoms with E-state index in [1.54, 1.807) is 6.33 Å². The molecular weight excluding hydrogens is 324 g/mol. The maximum absolute atomic E-state index is 4.62. The van der Waals surface area contributed by atoms with Crippen molar-refractivity contribution in [2.45, 2.75) is 19.8 Å². The molecule has 0 radical (unpaired) electrons. The summed E-state index contributed by atoms with van der Waals surface area (Å²) in [5.74, 6) is 2.71. The minimum Gasteiger partial charge on any atom is -0.369 e. The molecule has 6 nitrogen and oxygen atoms in total. The van der Waals surface area contributed by atoms with Crippen LogP contribution >= 0.6 is 0 Å². The van der Waals surface area contributed by atoms with Crippen LogP contribution in [0, 0.1) is 5.92 Å². The van der Waals surface area contributed by atoms with Crippen LogP contribution in [-0.4, -0.2) is 39.6 Å².